The first-order valence-corrected chi connectivity index (χ1v) is 14.6. The van der Waals surface area contributed by atoms with Crippen LogP contribution in [0.2, 0.25) is 5.02 Å². The van der Waals surface area contributed by atoms with Crippen molar-refractivity contribution in [2.24, 2.45) is 11.1 Å². The Hall–Kier alpha value is -3.88. The van der Waals surface area contributed by atoms with Crippen molar-refractivity contribution >= 4 is 34.6 Å². The second-order valence-electron chi connectivity index (χ2n) is 11.5. The van der Waals surface area contributed by atoms with E-state index < -0.39 is 5.60 Å². The molecule has 42 heavy (non-hydrogen) atoms. The largest absolute Gasteiger partial charge is 0.456 e. The van der Waals surface area contributed by atoms with Crippen molar-refractivity contribution in [3.63, 3.8) is 0 Å². The number of ketones is 1. The lowest BCUT2D eigenvalue weighted by Crippen LogP contribution is -2.23. The highest BCUT2D eigenvalue weighted by Gasteiger charge is 2.19. The topological polar surface area (TPSA) is 109 Å². The zero-order valence-corrected chi connectivity index (χ0v) is 25.6. The lowest BCUT2D eigenvalue weighted by Gasteiger charge is -2.16. The minimum Gasteiger partial charge on any atom is -0.456 e. The molecular weight excluding hydrogens is 552 g/mol. The summed E-state index contributed by atoms with van der Waals surface area (Å²) in [6.07, 6.45) is 3.63. The van der Waals surface area contributed by atoms with Gasteiger partial charge in [-0.1, -0.05) is 48.8 Å². The molecule has 2 aromatic carbocycles. The molecule has 1 aliphatic heterocycles. The van der Waals surface area contributed by atoms with Crippen LogP contribution in [0, 0.1) is 5.92 Å². The van der Waals surface area contributed by atoms with Gasteiger partial charge in [-0.15, -0.1) is 0 Å². The van der Waals surface area contributed by atoms with Crippen LogP contribution in [0.15, 0.2) is 66.1 Å². The van der Waals surface area contributed by atoms with Gasteiger partial charge >= 0.3 is 0 Å². The number of nitrogens with one attached hydrogen (secondary N) is 2. The Morgan fingerprint density at radius 3 is 2.71 bits per heavy atom. The molecule has 0 bridgehead atoms. The number of rotatable bonds is 14. The van der Waals surface area contributed by atoms with E-state index in [9.17, 15) is 9.90 Å². The Morgan fingerprint density at radius 1 is 1.17 bits per heavy atom. The smallest absolute Gasteiger partial charge is 0.146 e. The van der Waals surface area contributed by atoms with Crippen LogP contribution in [0.5, 0.6) is 11.5 Å². The average molecular weight is 591 g/mol. The van der Waals surface area contributed by atoms with Crippen molar-refractivity contribution in [1.82, 2.24) is 9.97 Å². The highest BCUT2D eigenvalue weighted by atomic mass is 35.5. The molecule has 0 atom stereocenters. The fourth-order valence-electron chi connectivity index (χ4n) is 4.55. The number of nitrogens with zero attached hydrogens (tertiary/aromatic N) is 2. The number of ether oxygens (including phenoxy) is 1. The second kappa shape index (κ2) is 13.9. The molecule has 4 rings (SSSR count). The van der Waals surface area contributed by atoms with Crippen LogP contribution in [0.3, 0.4) is 0 Å². The zero-order valence-electron chi connectivity index (χ0n) is 24.8. The normalized spacial score (nSPS) is 12.1. The van der Waals surface area contributed by atoms with Crippen molar-refractivity contribution in [3.8, 4) is 22.8 Å². The summed E-state index contributed by atoms with van der Waals surface area (Å²) in [6, 6.07) is 17.2. The van der Waals surface area contributed by atoms with E-state index in [1.165, 1.54) is 0 Å². The van der Waals surface area contributed by atoms with E-state index in [1.54, 1.807) is 26.2 Å². The summed E-state index contributed by atoms with van der Waals surface area (Å²) >= 11 is 6.63. The fraction of sp³-hybridized carbons (Fsp3) is 0.364. The number of Topliss-reactive ketones (excluding diaryl/α,β-unsaturated/α-hetero) is 1. The predicted octanol–water partition coefficient (Wildman–Crippen LogP) is 8.15. The van der Waals surface area contributed by atoms with E-state index in [4.69, 9.17) is 21.2 Å². The minimum absolute atomic E-state index is 0.0593. The van der Waals surface area contributed by atoms with E-state index in [0.717, 1.165) is 40.2 Å². The number of aryl methyl sites for hydroxylation is 1. The van der Waals surface area contributed by atoms with Gasteiger partial charge in [-0.25, -0.2) is 4.98 Å². The van der Waals surface area contributed by atoms with E-state index in [0.29, 0.717) is 47.7 Å². The Labute approximate surface area is 252 Å². The molecule has 0 unspecified atom stereocenters. The number of halogens is 1. The fourth-order valence-corrected chi connectivity index (χ4v) is 4.77. The molecule has 0 saturated heterocycles. The number of oxime groups is 1. The van der Waals surface area contributed by atoms with Crippen molar-refractivity contribution in [3.05, 3.63) is 77.1 Å². The maximum Gasteiger partial charge on any atom is 0.146 e. The number of hydrogen-bond acceptors (Lipinski definition) is 7. The van der Waals surface area contributed by atoms with Gasteiger partial charge < -0.3 is 25.0 Å². The molecule has 1 aliphatic carbocycles. The number of hydrogen-bond donors (Lipinski definition) is 3. The Kier molecular flexibility index (Phi) is 10.2. The van der Waals surface area contributed by atoms with Crippen LogP contribution in [0.1, 0.15) is 65.0 Å². The summed E-state index contributed by atoms with van der Waals surface area (Å²) in [5.41, 5.74) is 4.44. The predicted molar refractivity (Wildman–Crippen MR) is 168 cm³/mol. The number of anilines is 2. The molecule has 0 saturated carbocycles. The molecular formula is C33H39ClN4O4. The number of H-pyrrole nitrogens is 1. The quantitative estimate of drug-likeness (QED) is 0.101. The lowest BCUT2D eigenvalue weighted by atomic mass is 9.97. The molecule has 8 nitrogen and oxygen atoms in total. The van der Waals surface area contributed by atoms with Gasteiger partial charge in [-0.2, -0.15) is 0 Å². The van der Waals surface area contributed by atoms with Crippen LogP contribution >= 0.6 is 11.6 Å². The van der Waals surface area contributed by atoms with Crippen molar-refractivity contribution in [1.29, 1.82) is 0 Å². The molecule has 2 aromatic rings. The third-order valence-corrected chi connectivity index (χ3v) is 6.80. The molecule has 9 heteroatoms. The number of aromatic amines is 1. The lowest BCUT2D eigenvalue weighted by molar-refractivity contribution is -0.122. The molecule has 0 spiro atoms. The maximum absolute atomic E-state index is 12.2. The Bertz CT molecular complexity index is 1510. The van der Waals surface area contributed by atoms with Crippen molar-refractivity contribution < 1.29 is 19.5 Å². The Morgan fingerprint density at radius 2 is 1.98 bits per heavy atom. The molecule has 0 radical (unpaired) electrons. The van der Waals surface area contributed by atoms with Gasteiger partial charge in [-0.05, 0) is 81.5 Å². The summed E-state index contributed by atoms with van der Waals surface area (Å²) in [7, 11) is 0. The van der Waals surface area contributed by atoms with Gasteiger partial charge in [-0.3, -0.25) is 4.79 Å². The number of aromatic nitrogens is 2. The third kappa shape index (κ3) is 8.81. The van der Waals surface area contributed by atoms with E-state index in [2.05, 4.69) is 40.4 Å². The first-order chi connectivity index (χ1) is 20.0. The van der Waals surface area contributed by atoms with Crippen LogP contribution in [0.4, 0.5) is 11.5 Å². The molecule has 0 amide bonds. The standard InChI is InChI=1S/C33H39ClN4O4/c1-21(2)19-41-38-22(3)24-9-7-11-27(16-24)42-30-15-13-25(17-28(30)34)37-32-31-23(12-14-29(31)35-20-36-32)8-6-10-26(39)18-33(4,5)40/h7,9,11-17,20-21,37,40H,6,8,10,18-19H2,1-5H3,(H,35,36). The van der Waals surface area contributed by atoms with E-state index in [-0.39, 0.29) is 12.2 Å². The number of fused-ring (bicyclic) bond motifs is 1. The van der Waals surface area contributed by atoms with E-state index >= 15 is 0 Å². The number of carbonyl (C=O) groups is 1. The van der Waals surface area contributed by atoms with E-state index in [1.807, 2.05) is 49.4 Å². The third-order valence-electron chi connectivity index (χ3n) is 6.51. The summed E-state index contributed by atoms with van der Waals surface area (Å²) in [5.74, 6) is 2.31. The minimum atomic E-state index is -0.984. The summed E-state index contributed by atoms with van der Waals surface area (Å²) < 4.78 is 6.10. The van der Waals surface area contributed by atoms with Gasteiger partial charge in [0.1, 0.15) is 29.7 Å². The monoisotopic (exact) mass is 590 g/mol. The number of benzene rings is 2. The highest BCUT2D eigenvalue weighted by Crippen LogP contribution is 2.37. The molecule has 222 valence electrons. The van der Waals surface area contributed by atoms with Gasteiger partial charge in [0.15, 0.2) is 0 Å². The van der Waals surface area contributed by atoms with Crippen LogP contribution in [0.25, 0.3) is 11.3 Å². The highest BCUT2D eigenvalue weighted by molar-refractivity contribution is 6.32. The van der Waals surface area contributed by atoms with Crippen LogP contribution < -0.4 is 10.1 Å². The van der Waals surface area contributed by atoms with Crippen molar-refractivity contribution in [2.45, 2.75) is 65.9 Å². The summed E-state index contributed by atoms with van der Waals surface area (Å²) in [5, 5.41) is 17.9. The molecule has 2 aliphatic rings. The van der Waals surface area contributed by atoms with Gasteiger partial charge in [0.2, 0.25) is 0 Å². The van der Waals surface area contributed by atoms with Gasteiger partial charge in [0, 0.05) is 29.7 Å². The maximum atomic E-state index is 12.2. The van der Waals surface area contributed by atoms with Gasteiger partial charge in [0.05, 0.1) is 28.4 Å². The summed E-state index contributed by atoms with van der Waals surface area (Å²) in [4.78, 5) is 25.4. The summed E-state index contributed by atoms with van der Waals surface area (Å²) in [6.45, 7) is 9.92. The first kappa shape index (κ1) is 31.1. The van der Waals surface area contributed by atoms with Crippen molar-refractivity contribution in [2.75, 3.05) is 11.9 Å². The van der Waals surface area contributed by atoms with Crippen LogP contribution in [-0.2, 0) is 16.1 Å². The number of aliphatic hydroxyl groups is 1. The van der Waals surface area contributed by atoms with Crippen LogP contribution in [-0.4, -0.2) is 38.8 Å². The molecule has 3 N–H and O–H groups in total. The second-order valence-corrected chi connectivity index (χ2v) is 12.0. The number of carbonyl (C=O) groups excluding carboxylic acids is 1. The SMILES string of the molecule is CC(=NOCC(C)C)c1cccc(Oc2ccc(Nc3nc[nH]c4ccc(CCCC(=O)CC(C)(C)O)c3-4)cc2Cl)c1. The van der Waals surface area contributed by atoms with Gasteiger partial charge in [0.25, 0.3) is 0 Å². The average Bonchev–Trinajstić information content (AvgIpc) is 3.33. The Balaban J connectivity index is 1.43. The molecule has 0 aromatic heterocycles. The zero-order chi connectivity index (χ0) is 30.3. The molecule has 0 fully saturated rings. The first-order valence-electron chi connectivity index (χ1n) is 14.2. The molecule has 1 heterocycles.